The molecule has 0 saturated heterocycles. The molecule has 0 aromatic heterocycles. The van der Waals surface area contributed by atoms with Gasteiger partial charge in [0, 0.05) is 0 Å². The predicted octanol–water partition coefficient (Wildman–Crippen LogP) is 4.36. The molecule has 0 heterocycles. The molecule has 1 aliphatic carbocycles. The Labute approximate surface area is 97.6 Å². The minimum absolute atomic E-state index is 0.133. The lowest BCUT2D eigenvalue weighted by atomic mass is 9.93. The topological polar surface area (TPSA) is 0 Å². The van der Waals surface area contributed by atoms with Crippen LogP contribution in [0.25, 0.3) is 0 Å². The summed E-state index contributed by atoms with van der Waals surface area (Å²) in [6, 6.07) is 6.75. The summed E-state index contributed by atoms with van der Waals surface area (Å²) in [5.74, 6) is 1.62. The van der Waals surface area contributed by atoms with Crippen LogP contribution in [-0.4, -0.2) is 0 Å². The minimum atomic E-state index is 0.133. The van der Waals surface area contributed by atoms with Gasteiger partial charge in [-0.25, -0.2) is 0 Å². The van der Waals surface area contributed by atoms with Gasteiger partial charge in [-0.3, -0.25) is 0 Å². The van der Waals surface area contributed by atoms with Gasteiger partial charge >= 0.3 is 0 Å². The quantitative estimate of drug-likeness (QED) is 0.653. The van der Waals surface area contributed by atoms with Gasteiger partial charge in [-0.05, 0) is 48.3 Å². The van der Waals surface area contributed by atoms with E-state index in [9.17, 15) is 0 Å². The number of halogens is 1. The Balaban J connectivity index is 2.24. The van der Waals surface area contributed by atoms with Gasteiger partial charge in [0.15, 0.2) is 0 Å². The van der Waals surface area contributed by atoms with Gasteiger partial charge in [-0.1, -0.05) is 32.0 Å². The van der Waals surface area contributed by atoms with Crippen LogP contribution in [0, 0.1) is 11.8 Å². The Morgan fingerprint density at radius 3 is 2.40 bits per heavy atom. The number of hydrogen-bond donors (Lipinski definition) is 0. The highest BCUT2D eigenvalue weighted by atomic mass is 35.5. The summed E-state index contributed by atoms with van der Waals surface area (Å²) in [5.41, 5.74) is 4.33. The maximum absolute atomic E-state index is 6.10. The molecule has 0 saturated carbocycles. The summed E-state index contributed by atoms with van der Waals surface area (Å²) in [6.45, 7) is 6.68. The van der Waals surface area contributed by atoms with Crippen molar-refractivity contribution < 1.29 is 0 Å². The van der Waals surface area contributed by atoms with Crippen molar-refractivity contribution in [1.29, 1.82) is 0 Å². The standard InChI is InChI=1S/C14H19Cl/c1-9(2)13-7-12-5-4-11(10(3)15)6-14(12)8-13/h4-6,9-10,13H,7-8H2,1-3H3/t10-,13+/m1/s1. The lowest BCUT2D eigenvalue weighted by Crippen LogP contribution is -2.07. The summed E-state index contributed by atoms with van der Waals surface area (Å²) < 4.78 is 0. The molecule has 0 radical (unpaired) electrons. The van der Waals surface area contributed by atoms with Crippen LogP contribution in [0.15, 0.2) is 18.2 Å². The van der Waals surface area contributed by atoms with Gasteiger partial charge < -0.3 is 0 Å². The number of rotatable bonds is 2. The second-order valence-corrected chi connectivity index (χ2v) is 5.71. The monoisotopic (exact) mass is 222 g/mol. The third-order valence-electron chi connectivity index (χ3n) is 3.60. The number of benzene rings is 1. The van der Waals surface area contributed by atoms with E-state index in [0.717, 1.165) is 11.8 Å². The minimum Gasteiger partial charge on any atom is -0.118 e. The molecular formula is C14H19Cl. The molecule has 0 nitrogen and oxygen atoms in total. The summed E-state index contributed by atoms with van der Waals surface area (Å²) in [4.78, 5) is 0. The SMILES string of the molecule is CC(C)[C@H]1Cc2ccc([C@@H](C)Cl)cc2C1. The molecule has 2 rings (SSSR count). The Hall–Kier alpha value is -0.490. The molecule has 15 heavy (non-hydrogen) atoms. The van der Waals surface area contributed by atoms with E-state index in [1.165, 1.54) is 29.5 Å². The van der Waals surface area contributed by atoms with E-state index in [1.807, 2.05) is 6.92 Å². The zero-order valence-corrected chi connectivity index (χ0v) is 10.5. The number of hydrogen-bond acceptors (Lipinski definition) is 0. The average Bonchev–Trinajstić information content (AvgIpc) is 2.59. The molecule has 0 N–H and O–H groups in total. The lowest BCUT2D eigenvalue weighted by Gasteiger charge is -2.12. The van der Waals surface area contributed by atoms with Gasteiger partial charge in [0.1, 0.15) is 0 Å². The van der Waals surface area contributed by atoms with E-state index in [2.05, 4.69) is 32.0 Å². The average molecular weight is 223 g/mol. The molecule has 1 aromatic rings. The zero-order chi connectivity index (χ0) is 11.0. The van der Waals surface area contributed by atoms with Gasteiger partial charge in [0.25, 0.3) is 0 Å². The van der Waals surface area contributed by atoms with Crippen molar-refractivity contribution >= 4 is 11.6 Å². The van der Waals surface area contributed by atoms with E-state index >= 15 is 0 Å². The zero-order valence-electron chi connectivity index (χ0n) is 9.76. The van der Waals surface area contributed by atoms with Gasteiger partial charge in [0.2, 0.25) is 0 Å². The highest BCUT2D eigenvalue weighted by molar-refractivity contribution is 6.20. The lowest BCUT2D eigenvalue weighted by molar-refractivity contribution is 0.404. The van der Waals surface area contributed by atoms with Crippen molar-refractivity contribution in [2.24, 2.45) is 11.8 Å². The molecule has 0 amide bonds. The van der Waals surface area contributed by atoms with E-state index in [1.54, 1.807) is 0 Å². The van der Waals surface area contributed by atoms with Crippen LogP contribution in [0.4, 0.5) is 0 Å². The molecule has 1 heteroatoms. The Kier molecular flexibility index (Phi) is 3.06. The molecule has 0 unspecified atom stereocenters. The fourth-order valence-corrected chi connectivity index (χ4v) is 2.53. The molecule has 0 aliphatic heterocycles. The number of fused-ring (bicyclic) bond motifs is 1. The highest BCUT2D eigenvalue weighted by Crippen LogP contribution is 2.33. The maximum atomic E-state index is 6.10. The first-order chi connectivity index (χ1) is 7.08. The summed E-state index contributed by atoms with van der Waals surface area (Å²) in [5, 5.41) is 0.133. The van der Waals surface area contributed by atoms with Crippen molar-refractivity contribution in [2.75, 3.05) is 0 Å². The van der Waals surface area contributed by atoms with Crippen LogP contribution in [-0.2, 0) is 12.8 Å². The van der Waals surface area contributed by atoms with Crippen LogP contribution < -0.4 is 0 Å². The van der Waals surface area contributed by atoms with Crippen LogP contribution in [0.5, 0.6) is 0 Å². The molecule has 0 spiro atoms. The normalized spacial score (nSPS) is 21.8. The van der Waals surface area contributed by atoms with Crippen molar-refractivity contribution in [1.82, 2.24) is 0 Å². The second kappa shape index (κ2) is 4.17. The summed E-state index contributed by atoms with van der Waals surface area (Å²) in [7, 11) is 0. The second-order valence-electron chi connectivity index (χ2n) is 5.06. The van der Waals surface area contributed by atoms with Crippen LogP contribution in [0.2, 0.25) is 0 Å². The third kappa shape index (κ3) is 2.20. The van der Waals surface area contributed by atoms with E-state index < -0.39 is 0 Å². The first kappa shape index (κ1) is 11.0. The summed E-state index contributed by atoms with van der Waals surface area (Å²) in [6.07, 6.45) is 2.49. The predicted molar refractivity (Wildman–Crippen MR) is 66.4 cm³/mol. The van der Waals surface area contributed by atoms with Crippen LogP contribution >= 0.6 is 11.6 Å². The van der Waals surface area contributed by atoms with Crippen molar-refractivity contribution in [2.45, 2.75) is 39.0 Å². The van der Waals surface area contributed by atoms with E-state index in [0.29, 0.717) is 0 Å². The Bertz CT molecular complexity index is 352. The first-order valence-electron chi connectivity index (χ1n) is 5.83. The van der Waals surface area contributed by atoms with Crippen molar-refractivity contribution in [3.63, 3.8) is 0 Å². The van der Waals surface area contributed by atoms with Crippen LogP contribution in [0.1, 0.15) is 42.8 Å². The molecular weight excluding hydrogens is 204 g/mol. The highest BCUT2D eigenvalue weighted by Gasteiger charge is 2.24. The Morgan fingerprint density at radius 1 is 1.13 bits per heavy atom. The number of alkyl halides is 1. The fourth-order valence-electron chi connectivity index (χ4n) is 2.39. The largest absolute Gasteiger partial charge is 0.118 e. The molecule has 1 aliphatic rings. The van der Waals surface area contributed by atoms with E-state index in [4.69, 9.17) is 11.6 Å². The maximum Gasteiger partial charge on any atom is 0.0557 e. The molecule has 0 fully saturated rings. The molecule has 82 valence electrons. The van der Waals surface area contributed by atoms with Gasteiger partial charge in [0.05, 0.1) is 5.38 Å². The van der Waals surface area contributed by atoms with Gasteiger partial charge in [-0.2, -0.15) is 0 Å². The third-order valence-corrected chi connectivity index (χ3v) is 3.85. The summed E-state index contributed by atoms with van der Waals surface area (Å²) >= 11 is 6.10. The molecule has 1 aromatic carbocycles. The van der Waals surface area contributed by atoms with Crippen LogP contribution in [0.3, 0.4) is 0 Å². The molecule has 0 bridgehead atoms. The van der Waals surface area contributed by atoms with E-state index in [-0.39, 0.29) is 5.38 Å². The van der Waals surface area contributed by atoms with Crippen molar-refractivity contribution in [3.8, 4) is 0 Å². The Morgan fingerprint density at radius 2 is 1.80 bits per heavy atom. The van der Waals surface area contributed by atoms with Gasteiger partial charge in [-0.15, -0.1) is 11.6 Å². The first-order valence-corrected chi connectivity index (χ1v) is 6.27. The fraction of sp³-hybridized carbons (Fsp3) is 0.571. The molecule has 2 atom stereocenters. The van der Waals surface area contributed by atoms with Crippen molar-refractivity contribution in [3.05, 3.63) is 34.9 Å². The smallest absolute Gasteiger partial charge is 0.0557 e.